The van der Waals surface area contributed by atoms with Gasteiger partial charge in [0, 0.05) is 13.1 Å². The molecular weight excluding hydrogens is 547 g/mol. The Morgan fingerprint density at radius 2 is 1.60 bits per heavy atom. The third-order valence-corrected chi connectivity index (χ3v) is 8.68. The molecule has 12 heteroatoms. The van der Waals surface area contributed by atoms with E-state index in [1.807, 2.05) is 23.1 Å². The molecule has 0 saturated carbocycles. The van der Waals surface area contributed by atoms with Crippen LogP contribution in [-0.2, 0) is 37.4 Å². The number of likely N-dealkylation sites (tertiary alicyclic amines) is 1. The Kier molecular flexibility index (Phi) is 9.91. The zero-order valence-corrected chi connectivity index (χ0v) is 23.2. The minimum Gasteiger partial charge on any atom is -0.611 e. The van der Waals surface area contributed by atoms with E-state index < -0.39 is 40.8 Å². The zero-order chi connectivity index (χ0) is 29.7. The van der Waals surface area contributed by atoms with E-state index in [0.717, 1.165) is 25.7 Å². The molecule has 1 heterocycles. The van der Waals surface area contributed by atoms with Crippen molar-refractivity contribution in [1.82, 2.24) is 10.2 Å². The van der Waals surface area contributed by atoms with Crippen LogP contribution < -0.4 is 11.1 Å². The normalized spacial score (nSPS) is 17.7. The third-order valence-electron chi connectivity index (χ3n) is 7.25. The maximum Gasteiger partial charge on any atom is 0.490 e. The van der Waals surface area contributed by atoms with Gasteiger partial charge in [-0.15, -0.1) is 0 Å². The van der Waals surface area contributed by atoms with Crippen molar-refractivity contribution in [3.63, 3.8) is 0 Å². The van der Waals surface area contributed by atoms with Crippen LogP contribution in [0.5, 0.6) is 0 Å². The number of piperidine rings is 1. The molecule has 0 radical (unpaired) electrons. The van der Waals surface area contributed by atoms with E-state index in [2.05, 4.69) is 29.6 Å². The van der Waals surface area contributed by atoms with Gasteiger partial charge >= 0.3 is 12.1 Å². The van der Waals surface area contributed by atoms with Crippen LogP contribution in [0.25, 0.3) is 0 Å². The molecule has 8 nitrogen and oxygen atoms in total. The summed E-state index contributed by atoms with van der Waals surface area (Å²) in [6.45, 7) is 4.45. The van der Waals surface area contributed by atoms with E-state index >= 15 is 0 Å². The van der Waals surface area contributed by atoms with Crippen LogP contribution in [0, 0.1) is 0 Å². The van der Waals surface area contributed by atoms with E-state index in [1.54, 1.807) is 26.0 Å². The average Bonchev–Trinajstić information content (AvgIpc) is 3.26. The second-order valence-corrected chi connectivity index (χ2v) is 12.1. The highest BCUT2D eigenvalue weighted by Gasteiger charge is 2.43. The van der Waals surface area contributed by atoms with Crippen LogP contribution in [-0.4, -0.2) is 68.9 Å². The number of carbonyl (C=O) groups excluding carboxylic acids is 2. The van der Waals surface area contributed by atoms with Crippen molar-refractivity contribution >= 4 is 29.0 Å². The lowest BCUT2D eigenvalue weighted by Crippen LogP contribution is -2.59. The van der Waals surface area contributed by atoms with Gasteiger partial charge in [-0.25, -0.2) is 4.79 Å². The fraction of sp³-hybridized carbons (Fsp3) is 0.464. The van der Waals surface area contributed by atoms with Crippen LogP contribution in [0.4, 0.5) is 13.2 Å². The lowest BCUT2D eigenvalue weighted by atomic mass is 9.74. The molecule has 2 aromatic carbocycles. The van der Waals surface area contributed by atoms with E-state index in [-0.39, 0.29) is 17.1 Å². The molecule has 2 atom stereocenters. The molecule has 1 aliphatic heterocycles. The molecule has 2 amide bonds. The number of hydrogen-bond acceptors (Lipinski definition) is 5. The number of aliphatic carboxylic acids is 1. The molecule has 218 valence electrons. The molecular formula is C28H34F3N3O5S. The highest BCUT2D eigenvalue weighted by Crippen LogP contribution is 2.46. The van der Waals surface area contributed by atoms with E-state index in [1.165, 1.54) is 11.1 Å². The van der Waals surface area contributed by atoms with Gasteiger partial charge in [0.1, 0.15) is 5.75 Å². The van der Waals surface area contributed by atoms with Crippen molar-refractivity contribution in [3.8, 4) is 0 Å². The Morgan fingerprint density at radius 3 is 2.15 bits per heavy atom. The number of carboxylic acid groups (broad SMARTS) is 1. The molecule has 1 saturated heterocycles. The summed E-state index contributed by atoms with van der Waals surface area (Å²) in [6.07, 6.45) is -1.07. The third kappa shape index (κ3) is 7.76. The number of nitrogens with one attached hydrogen (secondary N) is 1. The van der Waals surface area contributed by atoms with E-state index in [4.69, 9.17) is 15.6 Å². The molecule has 40 heavy (non-hydrogen) atoms. The summed E-state index contributed by atoms with van der Waals surface area (Å²) in [4.78, 5) is 37.5. The zero-order valence-electron chi connectivity index (χ0n) is 22.4. The van der Waals surface area contributed by atoms with Gasteiger partial charge < -0.3 is 25.6 Å². The second-order valence-electron chi connectivity index (χ2n) is 10.6. The Hall–Kier alpha value is -3.09. The number of benzene rings is 2. The van der Waals surface area contributed by atoms with Gasteiger partial charge in [0.2, 0.25) is 11.8 Å². The fourth-order valence-electron chi connectivity index (χ4n) is 5.00. The van der Waals surface area contributed by atoms with Crippen molar-refractivity contribution in [1.29, 1.82) is 0 Å². The van der Waals surface area contributed by atoms with Gasteiger partial charge in [0.15, 0.2) is 10.9 Å². The minimum atomic E-state index is -5.08. The second kappa shape index (κ2) is 12.6. The SMILES string of the molecule is CC(C)(N)C(=O)N[C@H](C[S@@+]([O-])c1ccccc1)C(=O)N1CCC2(CCc3ccccc32)CC1.O=C(O)C(F)(F)F. The molecule has 2 aliphatic rings. The number of carboxylic acids is 1. The predicted octanol–water partition coefficient (Wildman–Crippen LogP) is 3.16. The first kappa shape index (κ1) is 31.4. The maximum absolute atomic E-state index is 13.5. The lowest BCUT2D eigenvalue weighted by molar-refractivity contribution is -0.192. The van der Waals surface area contributed by atoms with Gasteiger partial charge in [0.05, 0.1) is 5.54 Å². The number of fused-ring (bicyclic) bond motifs is 2. The van der Waals surface area contributed by atoms with Crippen LogP contribution in [0.2, 0.25) is 0 Å². The summed E-state index contributed by atoms with van der Waals surface area (Å²) in [7, 11) is 0. The highest BCUT2D eigenvalue weighted by molar-refractivity contribution is 7.91. The Labute approximate surface area is 234 Å². The fourth-order valence-corrected chi connectivity index (χ4v) is 6.18. The smallest absolute Gasteiger partial charge is 0.490 e. The Bertz CT molecular complexity index is 1200. The van der Waals surface area contributed by atoms with Crippen LogP contribution >= 0.6 is 0 Å². The van der Waals surface area contributed by atoms with E-state index in [0.29, 0.717) is 18.0 Å². The standard InChI is InChI=1S/C26H33N3O3S.C2HF3O2/c1-25(2,27)24(31)28-22(18-33(32)20-9-4-3-5-10-20)23(30)29-16-14-26(15-17-29)13-12-19-8-6-7-11-21(19)26;3-2(4,5)1(6)7/h3-11,22H,12-18,27H2,1-2H3,(H,28,31);(H,6,7)/t22-,33-;/m1./s1. The van der Waals surface area contributed by atoms with Crippen molar-refractivity contribution in [3.05, 3.63) is 65.7 Å². The number of alkyl halides is 3. The average molecular weight is 582 g/mol. The van der Waals surface area contributed by atoms with Crippen molar-refractivity contribution < 1.29 is 37.2 Å². The lowest BCUT2D eigenvalue weighted by Gasteiger charge is -2.41. The molecule has 0 unspecified atom stereocenters. The first-order chi connectivity index (χ1) is 18.6. The quantitative estimate of drug-likeness (QED) is 0.449. The number of rotatable bonds is 6. The number of hydrogen-bond donors (Lipinski definition) is 3. The number of halogens is 3. The summed E-state index contributed by atoms with van der Waals surface area (Å²) < 4.78 is 44.7. The van der Waals surface area contributed by atoms with Crippen LogP contribution in [0.3, 0.4) is 0 Å². The largest absolute Gasteiger partial charge is 0.611 e. The number of carbonyl (C=O) groups is 3. The summed E-state index contributed by atoms with van der Waals surface area (Å²) in [5, 5.41) is 9.91. The molecule has 1 aliphatic carbocycles. The van der Waals surface area contributed by atoms with Gasteiger partial charge in [-0.05, 0) is 79.4 Å². The monoisotopic (exact) mass is 581 g/mol. The maximum atomic E-state index is 13.5. The van der Waals surface area contributed by atoms with Gasteiger partial charge in [-0.2, -0.15) is 13.2 Å². The van der Waals surface area contributed by atoms with E-state index in [9.17, 15) is 27.3 Å². The van der Waals surface area contributed by atoms with Crippen molar-refractivity contribution in [2.75, 3.05) is 18.8 Å². The number of nitrogens with two attached hydrogens (primary N) is 1. The first-order valence-electron chi connectivity index (χ1n) is 12.8. The summed E-state index contributed by atoms with van der Waals surface area (Å²) >= 11 is -1.42. The number of amides is 2. The molecule has 0 aromatic heterocycles. The number of aryl methyl sites for hydroxylation is 1. The Balaban J connectivity index is 0.000000559. The Morgan fingerprint density at radius 1 is 1.05 bits per heavy atom. The highest BCUT2D eigenvalue weighted by atomic mass is 32.2. The molecule has 1 spiro atoms. The van der Waals surface area contributed by atoms with Gasteiger partial charge in [-0.3, -0.25) is 9.59 Å². The minimum absolute atomic E-state index is 0.0230. The van der Waals surface area contributed by atoms with Crippen molar-refractivity contribution in [2.45, 2.75) is 67.6 Å². The summed E-state index contributed by atoms with van der Waals surface area (Å²) in [5.74, 6) is -3.34. The summed E-state index contributed by atoms with van der Waals surface area (Å²) in [5.41, 5.74) is 7.81. The molecule has 4 rings (SSSR count). The molecule has 1 fully saturated rings. The van der Waals surface area contributed by atoms with Crippen LogP contribution in [0.1, 0.15) is 44.2 Å². The molecule has 2 aromatic rings. The van der Waals surface area contributed by atoms with Gasteiger partial charge in [0.25, 0.3) is 0 Å². The van der Waals surface area contributed by atoms with Crippen LogP contribution in [0.15, 0.2) is 59.5 Å². The van der Waals surface area contributed by atoms with Crippen molar-refractivity contribution in [2.24, 2.45) is 5.73 Å². The topological polar surface area (TPSA) is 136 Å². The predicted molar refractivity (Wildman–Crippen MR) is 144 cm³/mol. The number of nitrogens with zero attached hydrogens (tertiary/aromatic N) is 1. The summed E-state index contributed by atoms with van der Waals surface area (Å²) in [6, 6.07) is 16.8. The van der Waals surface area contributed by atoms with Gasteiger partial charge in [-0.1, -0.05) is 42.5 Å². The molecule has 0 bridgehead atoms. The molecule has 4 N–H and O–H groups in total. The first-order valence-corrected chi connectivity index (χ1v) is 14.2.